The van der Waals surface area contributed by atoms with Gasteiger partial charge < -0.3 is 30.5 Å². The number of carbonyl (C=O) groups is 3. The van der Waals surface area contributed by atoms with Crippen LogP contribution in [0.15, 0.2) is 5.34 Å². The zero-order valence-corrected chi connectivity index (χ0v) is 10.7. The van der Waals surface area contributed by atoms with E-state index in [-0.39, 0.29) is 29.6 Å². The van der Waals surface area contributed by atoms with Crippen molar-refractivity contribution in [3.8, 4) is 0 Å². The van der Waals surface area contributed by atoms with Gasteiger partial charge in [0.05, 0.1) is 12.8 Å². The molecule has 0 unspecified atom stereocenters. The van der Waals surface area contributed by atoms with Gasteiger partial charge in [0.15, 0.2) is 5.60 Å². The topological polar surface area (TPSA) is 185 Å². The molecule has 0 fully saturated rings. The number of nitrogens with zero attached hydrogens (tertiary/aromatic N) is 1. The van der Waals surface area contributed by atoms with Crippen LogP contribution in [0.25, 0.3) is 0 Å². The van der Waals surface area contributed by atoms with E-state index in [1.165, 1.54) is 0 Å². The molecule has 0 rings (SSSR count). The molecule has 0 amide bonds. The number of aliphatic carboxylic acids is 3. The molecule has 0 saturated carbocycles. The number of carboxylic acid groups (broad SMARTS) is 3. The maximum absolute atomic E-state index is 10.3. The maximum Gasteiger partial charge on any atom is 1.00 e. The van der Waals surface area contributed by atoms with Gasteiger partial charge in [0.2, 0.25) is 0 Å². The van der Waals surface area contributed by atoms with Gasteiger partial charge in [-0.15, -0.1) is 5.34 Å². The molecule has 0 saturated heterocycles. The standard InChI is InChI=1S/C6H8O7.HNO2.Na/c7-3(8)1-6(13,5(11)12)2-4(9)10;2-1-3;/h13H,1-2H2,(H,7,8)(H,9,10)(H,11,12);(H,2,3);/q;;+1/p-1. The molecule has 0 heterocycles. The first-order valence-electron chi connectivity index (χ1n) is 3.54. The molecule has 0 aliphatic carbocycles. The molecule has 0 bridgehead atoms. The average Bonchev–Trinajstić information content (AvgIpc) is 2.01. The number of carboxylic acids is 3. The first kappa shape index (κ1) is 21.1. The van der Waals surface area contributed by atoms with Crippen LogP contribution < -0.4 is 29.6 Å². The third-order valence-electron chi connectivity index (χ3n) is 1.29. The molecular weight excluding hydrogens is 253 g/mol. The van der Waals surface area contributed by atoms with Crippen molar-refractivity contribution in [2.45, 2.75) is 18.4 Å². The van der Waals surface area contributed by atoms with Gasteiger partial charge in [-0.05, 0) is 0 Å². The van der Waals surface area contributed by atoms with Crippen LogP contribution in [0.2, 0.25) is 0 Å². The molecule has 0 aromatic carbocycles. The average molecular weight is 261 g/mol. The molecular formula is C6H8NNaO9. The Morgan fingerprint density at radius 3 is 1.41 bits per heavy atom. The molecule has 0 aromatic heterocycles. The molecule has 0 aromatic rings. The number of aliphatic hydroxyl groups is 1. The SMILES string of the molecule is O=C(O)CC(O)(CC(=O)O)C(=O)O.O=N[O-].[Na+]. The molecule has 0 aliphatic heterocycles. The Hall–Kier alpha value is -1.23. The van der Waals surface area contributed by atoms with E-state index in [2.05, 4.69) is 0 Å². The zero-order chi connectivity index (χ0) is 13.4. The van der Waals surface area contributed by atoms with Crippen molar-refractivity contribution < 1.29 is 64.4 Å². The Bertz CT molecular complexity index is 275. The molecule has 92 valence electrons. The number of rotatable bonds is 5. The van der Waals surface area contributed by atoms with Gasteiger partial charge in [-0.3, -0.25) is 9.59 Å². The summed E-state index contributed by atoms with van der Waals surface area (Å²) < 4.78 is 0. The van der Waals surface area contributed by atoms with Crippen molar-refractivity contribution in [3.63, 3.8) is 0 Å². The van der Waals surface area contributed by atoms with Crippen molar-refractivity contribution in [2.24, 2.45) is 5.34 Å². The summed E-state index contributed by atoms with van der Waals surface area (Å²) in [4.78, 5) is 38.5. The van der Waals surface area contributed by atoms with Crippen molar-refractivity contribution in [3.05, 3.63) is 10.1 Å². The Balaban J connectivity index is -0.000000440. The van der Waals surface area contributed by atoms with E-state index < -0.39 is 36.4 Å². The van der Waals surface area contributed by atoms with Crippen molar-refractivity contribution in [1.82, 2.24) is 0 Å². The van der Waals surface area contributed by atoms with Crippen molar-refractivity contribution in [2.75, 3.05) is 0 Å². The van der Waals surface area contributed by atoms with Crippen LogP contribution in [0.5, 0.6) is 0 Å². The molecule has 10 nitrogen and oxygen atoms in total. The Morgan fingerprint density at radius 2 is 1.29 bits per heavy atom. The van der Waals surface area contributed by atoms with E-state index in [1.54, 1.807) is 0 Å². The smallest absolute Gasteiger partial charge is 0.481 e. The quantitative estimate of drug-likeness (QED) is 0.217. The van der Waals surface area contributed by atoms with E-state index in [9.17, 15) is 14.4 Å². The van der Waals surface area contributed by atoms with Crippen LogP contribution in [0, 0.1) is 10.1 Å². The summed E-state index contributed by atoms with van der Waals surface area (Å²) in [5.41, 5.74) is -2.74. The fourth-order valence-corrected chi connectivity index (χ4v) is 0.714. The fourth-order valence-electron chi connectivity index (χ4n) is 0.714. The Kier molecular flexibility index (Phi) is 12.4. The molecule has 17 heavy (non-hydrogen) atoms. The van der Waals surface area contributed by atoms with E-state index in [0.717, 1.165) is 5.34 Å². The number of hydrogen-bond acceptors (Lipinski definition) is 7. The van der Waals surface area contributed by atoms with Crippen LogP contribution in [0.4, 0.5) is 0 Å². The minimum Gasteiger partial charge on any atom is -0.481 e. The normalized spacial score (nSPS) is 9.00. The second-order valence-electron chi connectivity index (χ2n) is 2.55. The largest absolute Gasteiger partial charge is 1.00 e. The summed E-state index contributed by atoms with van der Waals surface area (Å²) >= 11 is 0. The van der Waals surface area contributed by atoms with Gasteiger partial charge in [-0.2, -0.15) is 0 Å². The summed E-state index contributed by atoms with van der Waals surface area (Å²) in [5, 5.41) is 42.8. The zero-order valence-electron chi connectivity index (χ0n) is 8.69. The molecule has 4 N–H and O–H groups in total. The third-order valence-corrected chi connectivity index (χ3v) is 1.29. The van der Waals surface area contributed by atoms with E-state index in [1.807, 2.05) is 0 Å². The van der Waals surface area contributed by atoms with E-state index in [0.29, 0.717) is 0 Å². The van der Waals surface area contributed by atoms with Crippen LogP contribution in [0.3, 0.4) is 0 Å². The summed E-state index contributed by atoms with van der Waals surface area (Å²) in [6.45, 7) is 0. The predicted molar refractivity (Wildman–Crippen MR) is 46.3 cm³/mol. The fraction of sp³-hybridized carbons (Fsp3) is 0.500. The Labute approximate surface area is 116 Å². The predicted octanol–water partition coefficient (Wildman–Crippen LogP) is -3.99. The van der Waals surface area contributed by atoms with Gasteiger partial charge in [0.25, 0.3) is 0 Å². The monoisotopic (exact) mass is 261 g/mol. The minimum absolute atomic E-state index is 0. The van der Waals surface area contributed by atoms with Crippen molar-refractivity contribution in [1.29, 1.82) is 0 Å². The summed E-state index contributed by atoms with van der Waals surface area (Å²) in [6, 6.07) is 0. The van der Waals surface area contributed by atoms with Crippen LogP contribution >= 0.6 is 0 Å². The van der Waals surface area contributed by atoms with Gasteiger partial charge in [0, 0.05) is 0 Å². The van der Waals surface area contributed by atoms with E-state index >= 15 is 0 Å². The first-order chi connectivity index (χ1) is 7.19. The van der Waals surface area contributed by atoms with Crippen LogP contribution in [-0.2, 0) is 14.4 Å². The van der Waals surface area contributed by atoms with Gasteiger partial charge in [-0.1, -0.05) is 0 Å². The summed E-state index contributed by atoms with van der Waals surface area (Å²) in [5.74, 6) is -5.02. The summed E-state index contributed by atoms with van der Waals surface area (Å²) in [6.07, 6.45) is -2.29. The summed E-state index contributed by atoms with van der Waals surface area (Å²) in [7, 11) is 0. The molecule has 11 heteroatoms. The molecule has 0 radical (unpaired) electrons. The third kappa shape index (κ3) is 11.0. The molecule has 0 atom stereocenters. The van der Waals surface area contributed by atoms with Crippen LogP contribution in [-0.4, -0.2) is 43.9 Å². The second kappa shape index (κ2) is 9.96. The maximum atomic E-state index is 10.3. The minimum atomic E-state index is -2.74. The van der Waals surface area contributed by atoms with E-state index in [4.69, 9.17) is 30.5 Å². The first-order valence-corrected chi connectivity index (χ1v) is 3.54. The van der Waals surface area contributed by atoms with Gasteiger partial charge in [-0.25, -0.2) is 4.79 Å². The number of hydrogen-bond donors (Lipinski definition) is 4. The van der Waals surface area contributed by atoms with Gasteiger partial charge in [0.1, 0.15) is 0 Å². The molecule has 0 aliphatic rings. The Morgan fingerprint density at radius 1 is 1.06 bits per heavy atom. The van der Waals surface area contributed by atoms with Crippen LogP contribution in [0.1, 0.15) is 12.8 Å². The molecule has 0 spiro atoms. The second-order valence-corrected chi connectivity index (χ2v) is 2.55. The van der Waals surface area contributed by atoms with Gasteiger partial charge >= 0.3 is 47.5 Å². The van der Waals surface area contributed by atoms with Crippen molar-refractivity contribution >= 4 is 17.9 Å².